The Hall–Kier alpha value is -1.75. The molecule has 0 aromatic heterocycles. The predicted octanol–water partition coefficient (Wildman–Crippen LogP) is 5.43. The maximum Gasteiger partial charge on any atom is 0.306 e. The van der Waals surface area contributed by atoms with Crippen LogP contribution in [0.5, 0.6) is 5.75 Å². The van der Waals surface area contributed by atoms with Gasteiger partial charge in [-0.3, -0.25) is 4.79 Å². The molecule has 2 aromatic rings. The molecule has 0 heterocycles. The van der Waals surface area contributed by atoms with E-state index in [-0.39, 0.29) is 6.42 Å². The molecule has 0 bridgehead atoms. The van der Waals surface area contributed by atoms with Gasteiger partial charge >= 0.3 is 5.97 Å². The number of benzene rings is 2. The average molecular weight is 383 g/mol. The van der Waals surface area contributed by atoms with Crippen LogP contribution in [-0.2, 0) is 16.1 Å². The van der Waals surface area contributed by atoms with Crippen LogP contribution in [0, 0.1) is 6.92 Å². The molecule has 134 valence electrons. The number of aliphatic carboxylic acids is 1. The zero-order chi connectivity index (χ0) is 18.4. The Kier molecular flexibility index (Phi) is 7.12. The third-order valence-electron chi connectivity index (χ3n) is 3.68. The van der Waals surface area contributed by atoms with Gasteiger partial charge in [0.2, 0.25) is 0 Å². The number of ether oxygens (including phenoxy) is 2. The van der Waals surface area contributed by atoms with Gasteiger partial charge in [-0.1, -0.05) is 35.3 Å². The van der Waals surface area contributed by atoms with Gasteiger partial charge in [-0.2, -0.15) is 0 Å². The Balaban J connectivity index is 2.09. The van der Waals surface area contributed by atoms with Gasteiger partial charge in [0, 0.05) is 6.61 Å². The number of hydrogen-bond acceptors (Lipinski definition) is 3. The van der Waals surface area contributed by atoms with Crippen LogP contribution in [0.25, 0.3) is 0 Å². The van der Waals surface area contributed by atoms with Gasteiger partial charge in [-0.25, -0.2) is 0 Å². The highest BCUT2D eigenvalue weighted by molar-refractivity contribution is 6.42. The minimum atomic E-state index is -0.893. The van der Waals surface area contributed by atoms with Crippen LogP contribution in [0.4, 0.5) is 0 Å². The van der Waals surface area contributed by atoms with E-state index in [1.165, 1.54) is 0 Å². The van der Waals surface area contributed by atoms with E-state index in [0.717, 1.165) is 22.4 Å². The van der Waals surface area contributed by atoms with Gasteiger partial charge in [0.15, 0.2) is 0 Å². The van der Waals surface area contributed by atoms with Crippen LogP contribution in [0.3, 0.4) is 0 Å². The molecule has 0 radical (unpaired) electrons. The normalized spacial score (nSPS) is 12.0. The van der Waals surface area contributed by atoms with Crippen molar-refractivity contribution in [3.8, 4) is 5.75 Å². The third kappa shape index (κ3) is 5.63. The van der Waals surface area contributed by atoms with Gasteiger partial charge < -0.3 is 14.6 Å². The molecule has 0 aliphatic rings. The molecule has 4 nitrogen and oxygen atoms in total. The van der Waals surface area contributed by atoms with Crippen LogP contribution in [0.15, 0.2) is 36.4 Å². The molecule has 0 aliphatic heterocycles. The van der Waals surface area contributed by atoms with Gasteiger partial charge in [0.1, 0.15) is 12.4 Å². The highest BCUT2D eigenvalue weighted by Gasteiger charge is 2.17. The van der Waals surface area contributed by atoms with E-state index in [4.69, 9.17) is 37.8 Å². The Morgan fingerprint density at radius 1 is 1.16 bits per heavy atom. The number of rotatable bonds is 8. The predicted molar refractivity (Wildman–Crippen MR) is 98.6 cm³/mol. The lowest BCUT2D eigenvalue weighted by Crippen LogP contribution is -2.10. The third-order valence-corrected chi connectivity index (χ3v) is 4.42. The standard InChI is InChI=1S/C19H20Cl2O4/c1-3-24-18(10-19(22)23)14-5-7-17(12(2)8-14)25-11-13-4-6-15(20)16(21)9-13/h4-9,18H,3,10-11H2,1-2H3,(H,22,23)/t18-/m0/s1. The molecule has 0 saturated carbocycles. The summed E-state index contributed by atoms with van der Waals surface area (Å²) in [6.45, 7) is 4.57. The van der Waals surface area contributed by atoms with Crippen molar-refractivity contribution < 1.29 is 19.4 Å². The smallest absolute Gasteiger partial charge is 0.306 e. The lowest BCUT2D eigenvalue weighted by atomic mass is 10.0. The Labute approximate surface area is 157 Å². The molecule has 0 aliphatic carbocycles. The lowest BCUT2D eigenvalue weighted by molar-refractivity contribution is -0.140. The molecule has 1 N–H and O–H groups in total. The maximum absolute atomic E-state index is 11.0. The molecular weight excluding hydrogens is 363 g/mol. The van der Waals surface area contributed by atoms with Crippen molar-refractivity contribution in [2.75, 3.05) is 6.61 Å². The first-order valence-corrected chi connectivity index (χ1v) is 8.67. The zero-order valence-electron chi connectivity index (χ0n) is 14.1. The molecule has 0 unspecified atom stereocenters. The molecule has 2 rings (SSSR count). The van der Waals surface area contributed by atoms with Crippen molar-refractivity contribution in [1.29, 1.82) is 0 Å². The Morgan fingerprint density at radius 2 is 1.92 bits per heavy atom. The second-order valence-electron chi connectivity index (χ2n) is 5.60. The number of halogens is 2. The quantitative estimate of drug-likeness (QED) is 0.660. The van der Waals surface area contributed by atoms with E-state index in [2.05, 4.69) is 0 Å². The first-order chi connectivity index (χ1) is 11.9. The van der Waals surface area contributed by atoms with E-state index >= 15 is 0 Å². The molecule has 0 fully saturated rings. The van der Waals surface area contributed by atoms with Crippen molar-refractivity contribution in [3.63, 3.8) is 0 Å². The fraction of sp³-hybridized carbons (Fsp3) is 0.316. The summed E-state index contributed by atoms with van der Waals surface area (Å²) in [7, 11) is 0. The van der Waals surface area contributed by atoms with Gasteiger partial charge in [-0.05, 0) is 54.8 Å². The number of carboxylic acid groups (broad SMARTS) is 1. The summed E-state index contributed by atoms with van der Waals surface area (Å²) in [5.41, 5.74) is 2.65. The van der Waals surface area contributed by atoms with Gasteiger partial charge in [0.25, 0.3) is 0 Å². The van der Waals surface area contributed by atoms with Crippen LogP contribution < -0.4 is 4.74 Å². The fourth-order valence-electron chi connectivity index (χ4n) is 2.46. The fourth-order valence-corrected chi connectivity index (χ4v) is 2.78. The molecule has 0 spiro atoms. The Bertz CT molecular complexity index is 746. The SMILES string of the molecule is CCO[C@@H](CC(=O)O)c1ccc(OCc2ccc(Cl)c(Cl)c2)c(C)c1. The van der Waals surface area contributed by atoms with E-state index < -0.39 is 12.1 Å². The summed E-state index contributed by atoms with van der Waals surface area (Å²) in [5.74, 6) is -0.170. The summed E-state index contributed by atoms with van der Waals surface area (Å²) in [4.78, 5) is 11.0. The molecule has 0 amide bonds. The van der Waals surface area contributed by atoms with Crippen LogP contribution in [-0.4, -0.2) is 17.7 Å². The number of carboxylic acids is 1. The van der Waals surface area contributed by atoms with E-state index in [1.54, 1.807) is 12.1 Å². The second kappa shape index (κ2) is 9.09. The van der Waals surface area contributed by atoms with Crippen molar-refractivity contribution in [2.24, 2.45) is 0 Å². The first kappa shape index (κ1) is 19.6. The number of carbonyl (C=O) groups is 1. The number of aryl methyl sites for hydroxylation is 1. The van der Waals surface area contributed by atoms with Crippen molar-refractivity contribution in [3.05, 3.63) is 63.1 Å². The molecule has 0 saturated heterocycles. The van der Waals surface area contributed by atoms with Crippen molar-refractivity contribution >= 4 is 29.2 Å². The first-order valence-electron chi connectivity index (χ1n) is 7.91. The molecule has 1 atom stereocenters. The topological polar surface area (TPSA) is 55.8 Å². The summed E-state index contributed by atoms with van der Waals surface area (Å²) >= 11 is 11.9. The molecule has 2 aromatic carbocycles. The minimum Gasteiger partial charge on any atom is -0.489 e. The highest BCUT2D eigenvalue weighted by Crippen LogP contribution is 2.28. The maximum atomic E-state index is 11.0. The van der Waals surface area contributed by atoms with Crippen molar-refractivity contribution in [1.82, 2.24) is 0 Å². The number of hydrogen-bond donors (Lipinski definition) is 1. The molecular formula is C19H20Cl2O4. The van der Waals surface area contributed by atoms with E-state index in [9.17, 15) is 4.79 Å². The van der Waals surface area contributed by atoms with Crippen LogP contribution in [0.1, 0.15) is 36.1 Å². The van der Waals surface area contributed by atoms with Gasteiger partial charge in [0.05, 0.1) is 22.6 Å². The van der Waals surface area contributed by atoms with Gasteiger partial charge in [-0.15, -0.1) is 0 Å². The minimum absolute atomic E-state index is 0.0727. The lowest BCUT2D eigenvalue weighted by Gasteiger charge is -2.17. The summed E-state index contributed by atoms with van der Waals surface area (Å²) < 4.78 is 11.4. The van der Waals surface area contributed by atoms with Crippen LogP contribution in [0.2, 0.25) is 10.0 Å². The largest absolute Gasteiger partial charge is 0.489 e. The van der Waals surface area contributed by atoms with E-state index in [0.29, 0.717) is 23.3 Å². The molecule has 25 heavy (non-hydrogen) atoms. The zero-order valence-corrected chi connectivity index (χ0v) is 15.6. The second-order valence-corrected chi connectivity index (χ2v) is 6.42. The highest BCUT2D eigenvalue weighted by atomic mass is 35.5. The molecule has 6 heteroatoms. The van der Waals surface area contributed by atoms with Crippen molar-refractivity contribution in [2.45, 2.75) is 33.0 Å². The van der Waals surface area contributed by atoms with Crippen LogP contribution >= 0.6 is 23.2 Å². The monoisotopic (exact) mass is 382 g/mol. The summed E-state index contributed by atoms with van der Waals surface area (Å²) in [6, 6.07) is 10.9. The Morgan fingerprint density at radius 3 is 2.52 bits per heavy atom. The summed E-state index contributed by atoms with van der Waals surface area (Å²) in [5, 5.41) is 10.0. The van der Waals surface area contributed by atoms with E-state index in [1.807, 2.05) is 38.1 Å². The average Bonchev–Trinajstić information content (AvgIpc) is 2.56. The summed E-state index contributed by atoms with van der Waals surface area (Å²) in [6.07, 6.45) is -0.540.